The van der Waals surface area contributed by atoms with E-state index in [0.717, 1.165) is 96.3 Å². The summed E-state index contributed by atoms with van der Waals surface area (Å²) >= 11 is 0. The van der Waals surface area contributed by atoms with Gasteiger partial charge in [0.15, 0.2) is 6.10 Å². The van der Waals surface area contributed by atoms with Gasteiger partial charge in [0.1, 0.15) is 6.61 Å². The molecule has 0 saturated carbocycles. The maximum Gasteiger partial charge on any atom is 0.472 e. The molecule has 10 heteroatoms. The molecule has 0 rings (SSSR count). The number of allylic oxidation sites excluding steroid dienone is 14. The van der Waals surface area contributed by atoms with Crippen molar-refractivity contribution < 1.29 is 37.6 Å². The van der Waals surface area contributed by atoms with E-state index < -0.39 is 32.5 Å². The lowest BCUT2D eigenvalue weighted by Gasteiger charge is -2.19. The third kappa shape index (κ3) is 52.4. The summed E-state index contributed by atoms with van der Waals surface area (Å²) < 4.78 is 33.0. The first kappa shape index (κ1) is 64.2. The van der Waals surface area contributed by atoms with Crippen molar-refractivity contribution in [3.63, 3.8) is 0 Å². The Morgan fingerprint density at radius 1 is 0.448 bits per heavy atom. The first-order valence-electron chi connectivity index (χ1n) is 27.1. The number of ether oxygens (including phenoxy) is 2. The summed E-state index contributed by atoms with van der Waals surface area (Å²) in [4.78, 5) is 35.1. The standard InChI is InChI=1S/C57H100NO8P/c1-3-5-7-9-11-13-15-17-19-21-22-23-24-25-26-27-28-29-30-31-32-34-36-38-40-42-44-46-48-50-57(60)66-55(54-65-67(61,62)64-52-51-58)53-63-56(59)49-47-45-43-41-39-37-35-33-20-18-16-14-12-10-8-6-4-2/h5-8,11-14,17-20,22-23,55H,3-4,9-10,15-16,21,24-54,58H2,1-2H3,(H,61,62)/b7-5-,8-6-,13-11-,14-12-,19-17-,20-18-,23-22-. The number of phosphoric acid groups is 1. The summed E-state index contributed by atoms with van der Waals surface area (Å²) in [5.41, 5.74) is 5.37. The van der Waals surface area contributed by atoms with E-state index in [1.807, 2.05) is 0 Å². The Kier molecular flexibility index (Phi) is 50.4. The van der Waals surface area contributed by atoms with Gasteiger partial charge in [-0.05, 0) is 83.5 Å². The second kappa shape index (κ2) is 52.6. The molecule has 0 spiro atoms. The molecule has 9 nitrogen and oxygen atoms in total. The molecular weight excluding hydrogens is 858 g/mol. The van der Waals surface area contributed by atoms with E-state index in [4.69, 9.17) is 24.3 Å². The molecule has 0 aromatic carbocycles. The summed E-state index contributed by atoms with van der Waals surface area (Å²) in [6.07, 6.45) is 67.7. The van der Waals surface area contributed by atoms with Gasteiger partial charge in [0.05, 0.1) is 13.2 Å². The van der Waals surface area contributed by atoms with E-state index in [2.05, 4.69) is 98.9 Å². The second-order valence-electron chi connectivity index (χ2n) is 17.7. The first-order valence-corrected chi connectivity index (χ1v) is 28.6. The Labute approximate surface area is 411 Å². The molecule has 0 radical (unpaired) electrons. The monoisotopic (exact) mass is 958 g/mol. The van der Waals surface area contributed by atoms with E-state index in [-0.39, 0.29) is 32.6 Å². The summed E-state index contributed by atoms with van der Waals surface area (Å²) in [6, 6.07) is 0. The van der Waals surface area contributed by atoms with Gasteiger partial charge in [-0.15, -0.1) is 0 Å². The van der Waals surface area contributed by atoms with Crippen LogP contribution in [0.2, 0.25) is 0 Å². The molecule has 3 N–H and O–H groups in total. The molecule has 0 aromatic heterocycles. The van der Waals surface area contributed by atoms with Gasteiger partial charge in [0.2, 0.25) is 0 Å². The van der Waals surface area contributed by atoms with Gasteiger partial charge < -0.3 is 20.1 Å². The van der Waals surface area contributed by atoms with Crippen LogP contribution in [-0.2, 0) is 32.7 Å². The van der Waals surface area contributed by atoms with Gasteiger partial charge in [0, 0.05) is 19.4 Å². The minimum atomic E-state index is -4.39. The molecule has 2 atom stereocenters. The third-order valence-electron chi connectivity index (χ3n) is 11.3. The minimum Gasteiger partial charge on any atom is -0.462 e. The Bertz CT molecular complexity index is 1370. The van der Waals surface area contributed by atoms with Gasteiger partial charge in [-0.2, -0.15) is 0 Å². The normalized spacial score (nSPS) is 13.8. The van der Waals surface area contributed by atoms with E-state index in [0.29, 0.717) is 6.42 Å². The number of hydrogen-bond donors (Lipinski definition) is 2. The van der Waals surface area contributed by atoms with Crippen molar-refractivity contribution in [3.05, 3.63) is 85.1 Å². The van der Waals surface area contributed by atoms with Crippen LogP contribution < -0.4 is 5.73 Å². The fourth-order valence-corrected chi connectivity index (χ4v) is 8.11. The number of nitrogens with two attached hydrogens (primary N) is 1. The Morgan fingerprint density at radius 2 is 0.776 bits per heavy atom. The molecule has 0 amide bonds. The van der Waals surface area contributed by atoms with Crippen LogP contribution in [0.4, 0.5) is 0 Å². The lowest BCUT2D eigenvalue weighted by atomic mass is 10.0. The summed E-state index contributed by atoms with van der Waals surface area (Å²) in [5.74, 6) is -0.838. The molecule has 0 saturated heterocycles. The smallest absolute Gasteiger partial charge is 0.462 e. The van der Waals surface area contributed by atoms with E-state index in [1.165, 1.54) is 103 Å². The maximum absolute atomic E-state index is 12.7. The van der Waals surface area contributed by atoms with Crippen molar-refractivity contribution in [3.8, 4) is 0 Å². The number of esters is 2. The van der Waals surface area contributed by atoms with Crippen molar-refractivity contribution in [2.45, 2.75) is 238 Å². The summed E-state index contributed by atoms with van der Waals surface area (Å²) in [7, 11) is -4.39. The number of rotatable bonds is 50. The van der Waals surface area contributed by atoms with Gasteiger partial charge in [-0.1, -0.05) is 221 Å². The van der Waals surface area contributed by atoms with Crippen LogP contribution >= 0.6 is 7.82 Å². The van der Waals surface area contributed by atoms with Crippen LogP contribution in [0.1, 0.15) is 232 Å². The second-order valence-corrected chi connectivity index (χ2v) is 19.1. The van der Waals surface area contributed by atoms with Crippen LogP contribution in [0.25, 0.3) is 0 Å². The van der Waals surface area contributed by atoms with Crippen LogP contribution in [0.5, 0.6) is 0 Å². The SMILES string of the molecule is CC/C=C\C/C=C\C/C=C\C/C=C\CCCCCCCCCCCCCCCCCCC(=O)OC(COC(=O)CCCCCCCCC/C=C\C/C=C\C/C=C\CC)COP(=O)(O)OCCN. The van der Waals surface area contributed by atoms with E-state index in [1.54, 1.807) is 0 Å². The zero-order chi connectivity index (χ0) is 48.8. The lowest BCUT2D eigenvalue weighted by Crippen LogP contribution is -2.29. The zero-order valence-corrected chi connectivity index (χ0v) is 43.8. The van der Waals surface area contributed by atoms with Crippen LogP contribution in [0.15, 0.2) is 85.1 Å². The molecule has 0 aromatic rings. The molecule has 67 heavy (non-hydrogen) atoms. The molecule has 0 aliphatic carbocycles. The summed E-state index contributed by atoms with van der Waals surface area (Å²) in [5, 5.41) is 0. The highest BCUT2D eigenvalue weighted by Crippen LogP contribution is 2.43. The lowest BCUT2D eigenvalue weighted by molar-refractivity contribution is -0.161. The number of phosphoric ester groups is 1. The summed E-state index contributed by atoms with van der Waals surface area (Å²) in [6.45, 7) is 3.52. The van der Waals surface area contributed by atoms with Crippen molar-refractivity contribution in [1.29, 1.82) is 0 Å². The first-order chi connectivity index (χ1) is 32.8. The average molecular weight is 958 g/mol. The number of carbonyl (C=O) groups is 2. The van der Waals surface area contributed by atoms with Gasteiger partial charge in [0.25, 0.3) is 0 Å². The Balaban J connectivity index is 3.97. The quantitative estimate of drug-likeness (QED) is 0.0264. The predicted octanol–water partition coefficient (Wildman–Crippen LogP) is 16.7. The molecule has 0 heterocycles. The maximum atomic E-state index is 12.7. The Hall–Kier alpha value is -2.81. The van der Waals surface area contributed by atoms with Crippen molar-refractivity contribution in [2.75, 3.05) is 26.4 Å². The molecule has 0 aliphatic heterocycles. The largest absolute Gasteiger partial charge is 0.472 e. The van der Waals surface area contributed by atoms with E-state index >= 15 is 0 Å². The fraction of sp³-hybridized carbons (Fsp3) is 0.719. The number of carbonyl (C=O) groups excluding carboxylic acids is 2. The Morgan fingerprint density at radius 3 is 1.15 bits per heavy atom. The minimum absolute atomic E-state index is 0.0491. The molecular formula is C57H100NO8P. The number of unbranched alkanes of at least 4 members (excludes halogenated alkanes) is 23. The molecule has 386 valence electrons. The highest BCUT2D eigenvalue weighted by atomic mass is 31.2. The van der Waals surface area contributed by atoms with E-state index in [9.17, 15) is 19.0 Å². The predicted molar refractivity (Wildman–Crippen MR) is 284 cm³/mol. The van der Waals surface area contributed by atoms with Gasteiger partial charge >= 0.3 is 19.8 Å². The third-order valence-corrected chi connectivity index (χ3v) is 12.3. The molecule has 0 aliphatic rings. The number of hydrogen-bond acceptors (Lipinski definition) is 8. The van der Waals surface area contributed by atoms with Crippen LogP contribution in [-0.4, -0.2) is 49.3 Å². The van der Waals surface area contributed by atoms with Crippen molar-refractivity contribution in [1.82, 2.24) is 0 Å². The van der Waals surface area contributed by atoms with Crippen molar-refractivity contribution >= 4 is 19.8 Å². The zero-order valence-electron chi connectivity index (χ0n) is 42.9. The van der Waals surface area contributed by atoms with Crippen LogP contribution in [0.3, 0.4) is 0 Å². The fourth-order valence-electron chi connectivity index (χ4n) is 7.35. The van der Waals surface area contributed by atoms with Gasteiger partial charge in [-0.3, -0.25) is 18.6 Å². The van der Waals surface area contributed by atoms with Crippen molar-refractivity contribution in [2.24, 2.45) is 5.73 Å². The topological polar surface area (TPSA) is 134 Å². The highest BCUT2D eigenvalue weighted by Gasteiger charge is 2.26. The van der Waals surface area contributed by atoms with Gasteiger partial charge in [-0.25, -0.2) is 4.57 Å². The molecule has 0 bridgehead atoms. The average Bonchev–Trinajstić information content (AvgIpc) is 3.32. The molecule has 2 unspecified atom stereocenters. The highest BCUT2D eigenvalue weighted by molar-refractivity contribution is 7.47. The van der Waals surface area contributed by atoms with Crippen LogP contribution in [0, 0.1) is 0 Å². The molecule has 0 fully saturated rings.